The summed E-state index contributed by atoms with van der Waals surface area (Å²) < 4.78 is 10.8. The zero-order valence-corrected chi connectivity index (χ0v) is 10.4. The average molecular weight is 247 g/mol. The summed E-state index contributed by atoms with van der Waals surface area (Å²) in [5, 5.41) is 11.3. The number of fused-ring (bicyclic) bond motifs is 1. The Labute approximate surface area is 104 Å². The van der Waals surface area contributed by atoms with Gasteiger partial charge < -0.3 is 9.15 Å². The SMILES string of the molecule is COc1cc2oc(C)c(C)c2cc1/C=C\[N+](=O)[O-]. The molecule has 2 rings (SSSR count). The zero-order valence-electron chi connectivity index (χ0n) is 10.4. The zero-order chi connectivity index (χ0) is 13.3. The van der Waals surface area contributed by atoms with E-state index in [1.165, 1.54) is 13.2 Å². The number of nitro groups is 1. The lowest BCUT2D eigenvalue weighted by atomic mass is 10.1. The number of aryl methyl sites for hydroxylation is 2. The molecule has 0 aliphatic carbocycles. The van der Waals surface area contributed by atoms with E-state index < -0.39 is 4.92 Å². The molecule has 0 radical (unpaired) electrons. The van der Waals surface area contributed by atoms with Gasteiger partial charge in [-0.3, -0.25) is 10.1 Å². The van der Waals surface area contributed by atoms with E-state index in [4.69, 9.17) is 9.15 Å². The van der Waals surface area contributed by atoms with Crippen LogP contribution in [-0.2, 0) is 0 Å². The highest BCUT2D eigenvalue weighted by Gasteiger charge is 2.11. The molecule has 0 saturated carbocycles. The topological polar surface area (TPSA) is 65.5 Å². The minimum Gasteiger partial charge on any atom is -0.496 e. The number of methoxy groups -OCH3 is 1. The number of rotatable bonds is 3. The number of hydrogen-bond donors (Lipinski definition) is 0. The van der Waals surface area contributed by atoms with Gasteiger partial charge in [0.1, 0.15) is 17.1 Å². The van der Waals surface area contributed by atoms with Gasteiger partial charge in [-0.2, -0.15) is 0 Å². The molecule has 0 fully saturated rings. The number of furan rings is 1. The van der Waals surface area contributed by atoms with Gasteiger partial charge in [-0.1, -0.05) is 0 Å². The Morgan fingerprint density at radius 1 is 1.39 bits per heavy atom. The maximum Gasteiger partial charge on any atom is 0.235 e. The van der Waals surface area contributed by atoms with Crippen molar-refractivity contribution in [1.29, 1.82) is 0 Å². The molecule has 0 atom stereocenters. The van der Waals surface area contributed by atoms with Gasteiger partial charge in [0.2, 0.25) is 6.20 Å². The molecule has 1 aromatic carbocycles. The Balaban J connectivity index is 2.63. The lowest BCUT2D eigenvalue weighted by molar-refractivity contribution is -0.400. The molecule has 0 N–H and O–H groups in total. The summed E-state index contributed by atoms with van der Waals surface area (Å²) in [5.41, 5.74) is 2.41. The van der Waals surface area contributed by atoms with E-state index in [0.717, 1.165) is 28.5 Å². The molecule has 94 valence electrons. The van der Waals surface area contributed by atoms with Gasteiger partial charge in [-0.15, -0.1) is 0 Å². The third-order valence-corrected chi connectivity index (χ3v) is 2.90. The normalized spacial score (nSPS) is 11.3. The van der Waals surface area contributed by atoms with E-state index >= 15 is 0 Å². The predicted octanol–water partition coefficient (Wildman–Crippen LogP) is 3.31. The van der Waals surface area contributed by atoms with Gasteiger partial charge in [-0.05, 0) is 25.5 Å². The molecule has 0 amide bonds. The first kappa shape index (κ1) is 12.2. The number of nitrogens with zero attached hydrogens (tertiary/aromatic N) is 1. The van der Waals surface area contributed by atoms with Crippen LogP contribution in [0.1, 0.15) is 16.9 Å². The highest BCUT2D eigenvalue weighted by molar-refractivity contribution is 5.86. The summed E-state index contributed by atoms with van der Waals surface area (Å²) >= 11 is 0. The van der Waals surface area contributed by atoms with Gasteiger partial charge in [-0.25, -0.2) is 0 Å². The maximum atomic E-state index is 10.4. The van der Waals surface area contributed by atoms with Crippen molar-refractivity contribution < 1.29 is 14.1 Å². The maximum absolute atomic E-state index is 10.4. The Hall–Kier alpha value is -2.30. The van der Waals surface area contributed by atoms with Crippen molar-refractivity contribution in [2.24, 2.45) is 0 Å². The fraction of sp³-hybridized carbons (Fsp3) is 0.231. The van der Waals surface area contributed by atoms with Crippen LogP contribution < -0.4 is 4.74 Å². The number of hydrogen-bond acceptors (Lipinski definition) is 4. The van der Waals surface area contributed by atoms with Gasteiger partial charge in [0.15, 0.2) is 0 Å². The molecule has 1 aromatic heterocycles. The van der Waals surface area contributed by atoms with Crippen molar-refractivity contribution in [3.05, 3.63) is 45.3 Å². The van der Waals surface area contributed by atoms with E-state index in [-0.39, 0.29) is 0 Å². The first-order valence-corrected chi connectivity index (χ1v) is 5.42. The van der Waals surface area contributed by atoms with Gasteiger partial charge in [0.05, 0.1) is 12.0 Å². The Morgan fingerprint density at radius 3 is 2.72 bits per heavy atom. The Morgan fingerprint density at radius 2 is 2.11 bits per heavy atom. The van der Waals surface area contributed by atoms with Crippen molar-refractivity contribution in [3.8, 4) is 5.75 Å². The van der Waals surface area contributed by atoms with Crippen LogP contribution in [-0.4, -0.2) is 12.0 Å². The van der Waals surface area contributed by atoms with Crippen molar-refractivity contribution in [3.63, 3.8) is 0 Å². The number of ether oxygens (including phenoxy) is 1. The molecule has 0 aliphatic rings. The van der Waals surface area contributed by atoms with Crippen molar-refractivity contribution in [1.82, 2.24) is 0 Å². The highest BCUT2D eigenvalue weighted by atomic mass is 16.6. The Kier molecular flexibility index (Phi) is 3.06. The van der Waals surface area contributed by atoms with E-state index in [9.17, 15) is 10.1 Å². The monoisotopic (exact) mass is 247 g/mol. The second-order valence-corrected chi connectivity index (χ2v) is 3.97. The minimum atomic E-state index is -0.503. The first-order valence-electron chi connectivity index (χ1n) is 5.42. The molecule has 1 heterocycles. The van der Waals surface area contributed by atoms with Crippen LogP contribution in [0.2, 0.25) is 0 Å². The molecular formula is C13H13NO4. The van der Waals surface area contributed by atoms with Crippen LogP contribution in [0.5, 0.6) is 5.75 Å². The van der Waals surface area contributed by atoms with Gasteiger partial charge >= 0.3 is 0 Å². The van der Waals surface area contributed by atoms with Crippen LogP contribution in [0, 0.1) is 24.0 Å². The van der Waals surface area contributed by atoms with E-state index in [1.807, 2.05) is 19.9 Å². The second kappa shape index (κ2) is 4.52. The van der Waals surface area contributed by atoms with Crippen LogP contribution in [0.25, 0.3) is 17.0 Å². The van der Waals surface area contributed by atoms with E-state index in [1.54, 1.807) is 6.07 Å². The molecule has 0 saturated heterocycles. The molecule has 0 spiro atoms. The number of benzene rings is 1. The third kappa shape index (κ3) is 2.07. The van der Waals surface area contributed by atoms with Crippen molar-refractivity contribution >= 4 is 17.0 Å². The molecular weight excluding hydrogens is 234 g/mol. The van der Waals surface area contributed by atoms with E-state index in [2.05, 4.69) is 0 Å². The summed E-state index contributed by atoms with van der Waals surface area (Å²) in [7, 11) is 1.52. The summed E-state index contributed by atoms with van der Waals surface area (Å²) in [6, 6.07) is 3.58. The van der Waals surface area contributed by atoms with Crippen molar-refractivity contribution in [2.45, 2.75) is 13.8 Å². The lowest BCUT2D eigenvalue weighted by Crippen LogP contribution is -1.88. The molecule has 18 heavy (non-hydrogen) atoms. The molecule has 0 aliphatic heterocycles. The molecule has 5 heteroatoms. The van der Waals surface area contributed by atoms with Gasteiger partial charge in [0, 0.05) is 23.1 Å². The third-order valence-electron chi connectivity index (χ3n) is 2.90. The molecule has 5 nitrogen and oxygen atoms in total. The quantitative estimate of drug-likeness (QED) is 0.616. The lowest BCUT2D eigenvalue weighted by Gasteiger charge is -2.03. The van der Waals surface area contributed by atoms with Crippen LogP contribution in [0.3, 0.4) is 0 Å². The molecule has 0 bridgehead atoms. The summed E-state index contributed by atoms with van der Waals surface area (Å²) in [6.07, 6.45) is 2.31. The van der Waals surface area contributed by atoms with E-state index in [0.29, 0.717) is 11.3 Å². The standard InChI is InChI=1S/C13H13NO4/c1-8-9(2)18-13-7-12(17-3)10(6-11(8)13)4-5-14(15)16/h4-7H,1-3H3/b5-4-. The smallest absolute Gasteiger partial charge is 0.235 e. The van der Waals surface area contributed by atoms with Crippen LogP contribution in [0.15, 0.2) is 22.7 Å². The Bertz CT molecular complexity index is 640. The van der Waals surface area contributed by atoms with Crippen LogP contribution in [0.4, 0.5) is 0 Å². The van der Waals surface area contributed by atoms with Crippen LogP contribution >= 0.6 is 0 Å². The predicted molar refractivity (Wildman–Crippen MR) is 68.3 cm³/mol. The average Bonchev–Trinajstić information content (AvgIpc) is 2.61. The fourth-order valence-electron chi connectivity index (χ4n) is 1.83. The summed E-state index contributed by atoms with van der Waals surface area (Å²) in [6.45, 7) is 3.84. The summed E-state index contributed by atoms with van der Waals surface area (Å²) in [5.74, 6) is 1.39. The molecule has 0 unspecified atom stereocenters. The molecule has 2 aromatic rings. The summed E-state index contributed by atoms with van der Waals surface area (Å²) in [4.78, 5) is 9.86. The largest absolute Gasteiger partial charge is 0.496 e. The first-order chi connectivity index (χ1) is 8.52. The highest BCUT2D eigenvalue weighted by Crippen LogP contribution is 2.32. The van der Waals surface area contributed by atoms with Gasteiger partial charge in [0.25, 0.3) is 0 Å². The fourth-order valence-corrected chi connectivity index (χ4v) is 1.83. The minimum absolute atomic E-state index is 0.503. The van der Waals surface area contributed by atoms with Crippen molar-refractivity contribution in [2.75, 3.05) is 7.11 Å². The second-order valence-electron chi connectivity index (χ2n) is 3.97.